The van der Waals surface area contributed by atoms with E-state index in [2.05, 4.69) is 9.72 Å². The van der Waals surface area contributed by atoms with Gasteiger partial charge in [-0.15, -0.1) is 0 Å². The zero-order chi connectivity index (χ0) is 29.7. The SMILES string of the molecule is C[C@@H](C(=O)O[C@H](Cc1c(Cl)c[nH+]cc1Cl)c1ccc(OC(F)F)c(OCC2CC2)c1)N(C)S(=O)(=O)c1ccccc1. The summed E-state index contributed by atoms with van der Waals surface area (Å²) >= 11 is 12.7. The number of carbonyl (C=O) groups is 1. The van der Waals surface area contributed by atoms with Gasteiger partial charge in [0, 0.05) is 19.0 Å². The molecule has 41 heavy (non-hydrogen) atoms. The van der Waals surface area contributed by atoms with Crippen LogP contribution >= 0.6 is 23.2 Å². The monoisotopic (exact) mass is 629 g/mol. The Bertz CT molecular complexity index is 1460. The number of esters is 1. The molecule has 8 nitrogen and oxygen atoms in total. The minimum absolute atomic E-state index is 0.00290. The first-order valence-corrected chi connectivity index (χ1v) is 15.0. The van der Waals surface area contributed by atoms with E-state index in [1.807, 2.05) is 0 Å². The number of pyridine rings is 1. The Morgan fingerprint density at radius 3 is 2.34 bits per heavy atom. The Labute approximate surface area is 247 Å². The third-order valence-electron chi connectivity index (χ3n) is 6.68. The van der Waals surface area contributed by atoms with Gasteiger partial charge in [0.15, 0.2) is 23.9 Å². The Hall–Kier alpha value is -2.99. The highest BCUT2D eigenvalue weighted by atomic mass is 35.5. The van der Waals surface area contributed by atoms with Gasteiger partial charge in [0.2, 0.25) is 10.0 Å². The van der Waals surface area contributed by atoms with Crippen LogP contribution in [0.4, 0.5) is 8.78 Å². The van der Waals surface area contributed by atoms with Gasteiger partial charge < -0.3 is 14.2 Å². The standard InChI is InChI=1S/C28H28Cl2F2N2O6S/c1-17(34(2)41(36,37)20-6-4-3-5-7-20)27(35)39-25(13-21-22(29)14-33-15-23(21)30)19-10-11-24(40-28(31)32)26(12-19)38-16-18-8-9-18/h3-7,10-12,14-15,17-18,25,28H,8-9,13,16H2,1-2H3/p+1/t17-,25+/m0/s1. The van der Waals surface area contributed by atoms with Crippen LogP contribution in [0.5, 0.6) is 11.5 Å². The largest absolute Gasteiger partial charge is 0.489 e. The Morgan fingerprint density at radius 1 is 1.07 bits per heavy atom. The summed E-state index contributed by atoms with van der Waals surface area (Å²) in [6, 6.07) is 10.7. The minimum Gasteiger partial charge on any atom is -0.489 e. The summed E-state index contributed by atoms with van der Waals surface area (Å²) in [4.78, 5) is 16.2. The van der Waals surface area contributed by atoms with Gasteiger partial charge in [-0.25, -0.2) is 13.4 Å². The molecular formula is C28H29Cl2F2N2O6S+. The number of likely N-dealkylation sites (N-methyl/N-ethyl adjacent to an activating group) is 1. The number of carbonyl (C=O) groups excluding carboxylic acids is 1. The first-order valence-electron chi connectivity index (χ1n) is 12.8. The molecule has 0 unspecified atom stereocenters. The lowest BCUT2D eigenvalue weighted by atomic mass is 10.0. The van der Waals surface area contributed by atoms with Crippen LogP contribution in [0.3, 0.4) is 0 Å². The number of hydrogen-bond acceptors (Lipinski definition) is 6. The quantitative estimate of drug-likeness (QED) is 0.224. The molecule has 0 radical (unpaired) electrons. The smallest absolute Gasteiger partial charge is 0.387 e. The van der Waals surface area contributed by atoms with Gasteiger partial charge in [0.05, 0.1) is 11.5 Å². The Morgan fingerprint density at radius 2 is 1.73 bits per heavy atom. The number of aromatic nitrogens is 1. The lowest BCUT2D eigenvalue weighted by molar-refractivity contribution is -0.377. The number of rotatable bonds is 13. The summed E-state index contributed by atoms with van der Waals surface area (Å²) in [6.45, 7) is -1.35. The molecule has 3 aromatic rings. The van der Waals surface area contributed by atoms with Crippen LogP contribution in [-0.4, -0.2) is 45.0 Å². The van der Waals surface area contributed by atoms with Crippen LogP contribution in [0.25, 0.3) is 0 Å². The van der Waals surface area contributed by atoms with Crippen molar-refractivity contribution < 1.29 is 41.2 Å². The molecule has 1 N–H and O–H groups in total. The van der Waals surface area contributed by atoms with Crippen LogP contribution in [0.1, 0.15) is 37.0 Å². The summed E-state index contributed by atoms with van der Waals surface area (Å²) in [7, 11) is -2.73. The zero-order valence-electron chi connectivity index (χ0n) is 22.2. The van der Waals surface area contributed by atoms with Crippen LogP contribution in [0, 0.1) is 5.92 Å². The van der Waals surface area contributed by atoms with E-state index < -0.39 is 34.7 Å². The molecule has 0 saturated heterocycles. The van der Waals surface area contributed by atoms with E-state index >= 15 is 0 Å². The van der Waals surface area contributed by atoms with Gasteiger partial charge >= 0.3 is 12.6 Å². The third kappa shape index (κ3) is 7.85. The normalized spacial score (nSPS) is 15.0. The van der Waals surface area contributed by atoms with Crippen LogP contribution < -0.4 is 14.5 Å². The van der Waals surface area contributed by atoms with Crippen molar-refractivity contribution in [1.29, 1.82) is 0 Å². The van der Waals surface area contributed by atoms with E-state index in [0.717, 1.165) is 17.1 Å². The summed E-state index contributed by atoms with van der Waals surface area (Å²) < 4.78 is 69.6. The maximum absolute atomic E-state index is 13.4. The number of ether oxygens (including phenoxy) is 3. The molecule has 220 valence electrons. The number of sulfonamides is 1. The van der Waals surface area contributed by atoms with Crippen LogP contribution in [-0.2, 0) is 26.0 Å². The number of benzene rings is 2. The van der Waals surface area contributed by atoms with E-state index in [9.17, 15) is 22.0 Å². The summed E-state index contributed by atoms with van der Waals surface area (Å²) in [5.74, 6) is -0.624. The summed E-state index contributed by atoms with van der Waals surface area (Å²) in [5, 5.41) is 0.552. The van der Waals surface area contributed by atoms with Gasteiger partial charge in [-0.05, 0) is 55.5 Å². The maximum atomic E-state index is 13.4. The molecule has 0 bridgehead atoms. The third-order valence-corrected chi connectivity index (χ3v) is 9.30. The fourth-order valence-electron chi connectivity index (χ4n) is 3.96. The van der Waals surface area contributed by atoms with Crippen molar-refractivity contribution in [2.24, 2.45) is 5.92 Å². The number of alkyl halides is 2. The van der Waals surface area contributed by atoms with Crippen molar-refractivity contribution in [1.82, 2.24) is 4.31 Å². The van der Waals surface area contributed by atoms with Crippen molar-refractivity contribution in [3.8, 4) is 11.5 Å². The first-order chi connectivity index (χ1) is 19.5. The van der Waals surface area contributed by atoms with Gasteiger partial charge in [0.1, 0.15) is 22.2 Å². The van der Waals surface area contributed by atoms with Crippen LogP contribution in [0.15, 0.2) is 65.8 Å². The van der Waals surface area contributed by atoms with Crippen molar-refractivity contribution in [3.63, 3.8) is 0 Å². The van der Waals surface area contributed by atoms with E-state index in [-0.39, 0.29) is 32.9 Å². The second kappa shape index (κ2) is 13.3. The molecule has 13 heteroatoms. The highest BCUT2D eigenvalue weighted by Crippen LogP contribution is 2.38. The fraction of sp³-hybridized carbons (Fsp3) is 0.357. The number of hydrogen-bond donors (Lipinski definition) is 0. The zero-order valence-corrected chi connectivity index (χ0v) is 24.6. The highest BCUT2D eigenvalue weighted by Gasteiger charge is 2.33. The predicted octanol–water partition coefficient (Wildman–Crippen LogP) is 5.73. The number of aromatic amines is 1. The fourth-order valence-corrected chi connectivity index (χ4v) is 5.83. The van der Waals surface area contributed by atoms with Gasteiger partial charge in [0.25, 0.3) is 0 Å². The lowest BCUT2D eigenvalue weighted by Gasteiger charge is -2.26. The highest BCUT2D eigenvalue weighted by molar-refractivity contribution is 7.89. The second-order valence-electron chi connectivity index (χ2n) is 9.61. The molecule has 2 atom stereocenters. The van der Waals surface area contributed by atoms with Crippen molar-refractivity contribution in [2.75, 3.05) is 13.7 Å². The summed E-state index contributed by atoms with van der Waals surface area (Å²) in [6.07, 6.45) is 3.92. The molecule has 1 heterocycles. The first kappa shape index (κ1) is 31.0. The second-order valence-corrected chi connectivity index (χ2v) is 12.4. The van der Waals surface area contributed by atoms with Gasteiger partial charge in [-0.1, -0.05) is 47.5 Å². The topological polar surface area (TPSA) is 96.3 Å². The predicted molar refractivity (Wildman–Crippen MR) is 148 cm³/mol. The van der Waals surface area contributed by atoms with E-state index in [0.29, 0.717) is 23.7 Å². The molecule has 1 fully saturated rings. The average molecular weight is 631 g/mol. The van der Waals surface area contributed by atoms with Crippen LogP contribution in [0.2, 0.25) is 10.0 Å². The molecule has 1 aliphatic rings. The van der Waals surface area contributed by atoms with E-state index in [1.54, 1.807) is 18.2 Å². The Kier molecular flexibility index (Phi) is 10.1. The number of H-pyrrole nitrogens is 1. The van der Waals surface area contributed by atoms with Gasteiger partial charge in [-0.3, -0.25) is 4.79 Å². The number of nitrogens with one attached hydrogen (secondary N) is 1. The van der Waals surface area contributed by atoms with E-state index in [4.69, 9.17) is 32.7 Å². The van der Waals surface area contributed by atoms with Gasteiger partial charge in [-0.2, -0.15) is 13.1 Å². The molecule has 0 aliphatic heterocycles. The molecule has 1 aliphatic carbocycles. The molecule has 0 spiro atoms. The summed E-state index contributed by atoms with van der Waals surface area (Å²) in [5.41, 5.74) is 0.836. The van der Waals surface area contributed by atoms with Crippen molar-refractivity contribution >= 4 is 39.2 Å². The molecular weight excluding hydrogens is 601 g/mol. The molecule has 4 rings (SSSR count). The maximum Gasteiger partial charge on any atom is 0.387 e. The minimum atomic E-state index is -4.01. The molecule has 1 aromatic heterocycles. The van der Waals surface area contributed by atoms with Crippen molar-refractivity contribution in [2.45, 2.75) is 49.8 Å². The van der Waals surface area contributed by atoms with Crippen molar-refractivity contribution in [3.05, 3.63) is 82.1 Å². The molecule has 1 saturated carbocycles. The number of nitrogens with zero attached hydrogens (tertiary/aromatic N) is 1. The molecule has 0 amide bonds. The van der Waals surface area contributed by atoms with E-state index in [1.165, 1.54) is 56.7 Å². The Balaban J connectivity index is 1.65. The average Bonchev–Trinajstić information content (AvgIpc) is 3.78. The lowest BCUT2D eigenvalue weighted by Crippen LogP contribution is -2.41. The number of halogens is 4. The molecule has 2 aromatic carbocycles.